The maximum absolute atomic E-state index is 5.90. The van der Waals surface area contributed by atoms with Crippen molar-refractivity contribution >= 4 is 46.2 Å². The van der Waals surface area contributed by atoms with Gasteiger partial charge in [-0.3, -0.25) is 5.01 Å². The van der Waals surface area contributed by atoms with Crippen LogP contribution in [0.3, 0.4) is 0 Å². The van der Waals surface area contributed by atoms with Crippen molar-refractivity contribution in [2.75, 3.05) is 5.32 Å². The van der Waals surface area contributed by atoms with Gasteiger partial charge in [-0.1, -0.05) is 23.2 Å². The first-order valence-electron chi connectivity index (χ1n) is 4.81. The number of nitrogens with zero attached hydrogens (tertiary/aromatic N) is 1. The van der Waals surface area contributed by atoms with Crippen LogP contribution < -0.4 is 16.5 Å². The lowest BCUT2D eigenvalue weighted by molar-refractivity contribution is 0.412. The summed E-state index contributed by atoms with van der Waals surface area (Å²) in [5.41, 5.74) is 9.34. The number of thiocarbonyl (C=S) groups is 1. The van der Waals surface area contributed by atoms with Crippen LogP contribution in [0.5, 0.6) is 0 Å². The van der Waals surface area contributed by atoms with Crippen LogP contribution in [0, 0.1) is 0 Å². The maximum atomic E-state index is 5.90. The molecule has 0 fully saturated rings. The van der Waals surface area contributed by atoms with E-state index in [9.17, 15) is 0 Å². The van der Waals surface area contributed by atoms with Crippen molar-refractivity contribution in [3.8, 4) is 0 Å². The van der Waals surface area contributed by atoms with Gasteiger partial charge in [0.25, 0.3) is 0 Å². The molecule has 90 valence electrons. The molecule has 1 aromatic rings. The van der Waals surface area contributed by atoms with Crippen LogP contribution in [0.4, 0.5) is 5.69 Å². The fourth-order valence-corrected chi connectivity index (χ4v) is 1.84. The molecule has 1 aromatic carbocycles. The van der Waals surface area contributed by atoms with E-state index < -0.39 is 0 Å². The number of hydrazine groups is 1. The number of nitrogens with one attached hydrogen (secondary N) is 2. The van der Waals surface area contributed by atoms with Gasteiger partial charge in [0.2, 0.25) is 0 Å². The van der Waals surface area contributed by atoms with E-state index in [1.807, 2.05) is 0 Å². The Labute approximate surface area is 114 Å². The normalized spacial score (nSPS) is 18.5. The van der Waals surface area contributed by atoms with Gasteiger partial charge < -0.3 is 11.1 Å². The lowest BCUT2D eigenvalue weighted by atomic mass is 10.3. The Balaban J connectivity index is 2.03. The molecule has 2 rings (SSSR count). The molecule has 0 spiro atoms. The second-order valence-electron chi connectivity index (χ2n) is 3.43. The highest BCUT2D eigenvalue weighted by Gasteiger charge is 2.14. The van der Waals surface area contributed by atoms with E-state index in [-0.39, 0.29) is 6.17 Å². The minimum absolute atomic E-state index is 0.219. The summed E-state index contributed by atoms with van der Waals surface area (Å²) in [6, 6.07) is 5.20. The van der Waals surface area contributed by atoms with Crippen LogP contribution in [-0.4, -0.2) is 16.3 Å². The monoisotopic (exact) mass is 288 g/mol. The highest BCUT2D eigenvalue weighted by Crippen LogP contribution is 2.25. The highest BCUT2D eigenvalue weighted by molar-refractivity contribution is 7.80. The predicted molar refractivity (Wildman–Crippen MR) is 74.8 cm³/mol. The van der Waals surface area contributed by atoms with E-state index in [1.54, 1.807) is 35.5 Å². The van der Waals surface area contributed by atoms with E-state index in [0.717, 1.165) is 5.69 Å². The van der Waals surface area contributed by atoms with Crippen LogP contribution in [-0.2, 0) is 0 Å². The molecule has 1 aliphatic rings. The minimum atomic E-state index is -0.219. The molecule has 0 amide bonds. The quantitative estimate of drug-likeness (QED) is 0.693. The number of hydrogen-bond acceptors (Lipinski definition) is 3. The molecule has 0 aromatic heterocycles. The average molecular weight is 289 g/mol. The second kappa shape index (κ2) is 5.20. The van der Waals surface area contributed by atoms with Gasteiger partial charge in [0.15, 0.2) is 5.11 Å². The Bertz CT molecular complexity index is 477. The van der Waals surface area contributed by atoms with Crippen molar-refractivity contribution < 1.29 is 0 Å². The molecule has 1 aliphatic heterocycles. The molecule has 0 radical (unpaired) electrons. The summed E-state index contributed by atoms with van der Waals surface area (Å²) in [6.07, 6.45) is 3.34. The van der Waals surface area contributed by atoms with Crippen molar-refractivity contribution in [2.24, 2.45) is 5.73 Å². The van der Waals surface area contributed by atoms with E-state index >= 15 is 0 Å². The standard InChI is InChI=1S/C10H10Cl2N4S/c11-7-2-1-6(5-8(7)12)14-10(17)16-4-3-9(13)15-16/h1-5,9,15H,13H2,(H,14,17). The molecule has 4 N–H and O–H groups in total. The van der Waals surface area contributed by atoms with E-state index in [1.165, 1.54) is 0 Å². The summed E-state index contributed by atoms with van der Waals surface area (Å²) in [5.74, 6) is 0. The topological polar surface area (TPSA) is 53.3 Å². The third kappa shape index (κ3) is 3.08. The number of anilines is 1. The smallest absolute Gasteiger partial charge is 0.192 e. The van der Waals surface area contributed by atoms with Gasteiger partial charge in [-0.05, 0) is 36.5 Å². The molecule has 0 aliphatic carbocycles. The summed E-state index contributed by atoms with van der Waals surface area (Å²) in [4.78, 5) is 0. The largest absolute Gasteiger partial charge is 0.331 e. The molecule has 17 heavy (non-hydrogen) atoms. The average Bonchev–Trinajstić information content (AvgIpc) is 2.70. The van der Waals surface area contributed by atoms with Crippen LogP contribution in [0.25, 0.3) is 0 Å². The number of nitrogens with two attached hydrogens (primary N) is 1. The molecule has 0 saturated heterocycles. The summed E-state index contributed by atoms with van der Waals surface area (Å²) in [5, 5.41) is 6.10. The van der Waals surface area contributed by atoms with Crippen LogP contribution in [0.15, 0.2) is 30.5 Å². The number of hydrogen-bond donors (Lipinski definition) is 3. The molecule has 0 bridgehead atoms. The molecule has 0 saturated carbocycles. The first-order chi connectivity index (χ1) is 8.06. The number of rotatable bonds is 1. The highest BCUT2D eigenvalue weighted by atomic mass is 35.5. The van der Waals surface area contributed by atoms with Gasteiger partial charge in [-0.25, -0.2) is 5.43 Å². The van der Waals surface area contributed by atoms with E-state index in [4.69, 9.17) is 41.2 Å². The first kappa shape index (κ1) is 12.6. The van der Waals surface area contributed by atoms with Crippen molar-refractivity contribution in [1.82, 2.24) is 10.4 Å². The van der Waals surface area contributed by atoms with Crippen molar-refractivity contribution in [3.63, 3.8) is 0 Å². The van der Waals surface area contributed by atoms with Crippen molar-refractivity contribution in [1.29, 1.82) is 0 Å². The molecule has 1 heterocycles. The number of halogens is 2. The summed E-state index contributed by atoms with van der Waals surface area (Å²) in [6.45, 7) is 0. The van der Waals surface area contributed by atoms with Gasteiger partial charge in [0, 0.05) is 11.9 Å². The molecular formula is C10H10Cl2N4S. The Morgan fingerprint density at radius 2 is 2.18 bits per heavy atom. The van der Waals surface area contributed by atoms with Crippen molar-refractivity contribution in [3.05, 3.63) is 40.5 Å². The zero-order valence-electron chi connectivity index (χ0n) is 8.65. The molecule has 1 unspecified atom stereocenters. The van der Waals surface area contributed by atoms with Gasteiger partial charge in [0.05, 0.1) is 16.2 Å². The Kier molecular flexibility index (Phi) is 3.86. The minimum Gasteiger partial charge on any atom is -0.331 e. The Morgan fingerprint density at radius 3 is 2.76 bits per heavy atom. The fraction of sp³-hybridized carbons (Fsp3) is 0.100. The second-order valence-corrected chi connectivity index (χ2v) is 4.63. The number of benzene rings is 1. The molecule has 4 nitrogen and oxygen atoms in total. The zero-order valence-corrected chi connectivity index (χ0v) is 11.0. The van der Waals surface area contributed by atoms with Crippen LogP contribution >= 0.6 is 35.4 Å². The lowest BCUT2D eigenvalue weighted by Gasteiger charge is -2.19. The maximum Gasteiger partial charge on any atom is 0.192 e. The summed E-state index contributed by atoms with van der Waals surface area (Å²) in [7, 11) is 0. The van der Waals surface area contributed by atoms with Gasteiger partial charge in [-0.2, -0.15) is 0 Å². The van der Waals surface area contributed by atoms with E-state index in [2.05, 4.69) is 10.7 Å². The van der Waals surface area contributed by atoms with Gasteiger partial charge in [-0.15, -0.1) is 0 Å². The van der Waals surface area contributed by atoms with Crippen molar-refractivity contribution in [2.45, 2.75) is 6.17 Å². The van der Waals surface area contributed by atoms with Gasteiger partial charge in [0.1, 0.15) is 0 Å². The summed E-state index contributed by atoms with van der Waals surface area (Å²) >= 11 is 16.9. The van der Waals surface area contributed by atoms with E-state index in [0.29, 0.717) is 15.2 Å². The van der Waals surface area contributed by atoms with Gasteiger partial charge >= 0.3 is 0 Å². The SMILES string of the molecule is NC1C=CN(C(=S)Nc2ccc(Cl)c(Cl)c2)N1. The third-order valence-corrected chi connectivity index (χ3v) is 3.16. The molecule has 7 heteroatoms. The first-order valence-corrected chi connectivity index (χ1v) is 5.98. The predicted octanol–water partition coefficient (Wildman–Crippen LogP) is 2.31. The fourth-order valence-electron chi connectivity index (χ4n) is 1.31. The van der Waals surface area contributed by atoms with Crippen LogP contribution in [0.2, 0.25) is 10.0 Å². The Hall–Kier alpha value is -0.850. The van der Waals surface area contributed by atoms with Crippen LogP contribution in [0.1, 0.15) is 0 Å². The zero-order chi connectivity index (χ0) is 12.4. The molecule has 1 atom stereocenters. The summed E-state index contributed by atoms with van der Waals surface area (Å²) < 4.78 is 0. The Morgan fingerprint density at radius 1 is 1.41 bits per heavy atom. The molecular weight excluding hydrogens is 279 g/mol. The third-order valence-electron chi connectivity index (χ3n) is 2.12. The lowest BCUT2D eigenvalue weighted by Crippen LogP contribution is -2.45.